The first-order chi connectivity index (χ1) is 10.6. The Labute approximate surface area is 127 Å². The molecule has 0 radical (unpaired) electrons. The number of hydrogen-bond acceptors (Lipinski definition) is 2. The summed E-state index contributed by atoms with van der Waals surface area (Å²) in [5, 5.41) is 20.8. The highest BCUT2D eigenvalue weighted by atomic mass is 16.4. The van der Waals surface area contributed by atoms with Crippen molar-refractivity contribution in [3.05, 3.63) is 77.9 Å². The van der Waals surface area contributed by atoms with Crippen molar-refractivity contribution < 1.29 is 15.0 Å². The van der Waals surface area contributed by atoms with Crippen LogP contribution in [0.3, 0.4) is 0 Å². The largest absolute Gasteiger partial charge is 0.508 e. The van der Waals surface area contributed by atoms with Gasteiger partial charge in [0.2, 0.25) is 0 Å². The van der Waals surface area contributed by atoms with Gasteiger partial charge in [0.05, 0.1) is 5.57 Å². The normalized spacial score (nSPS) is 11.5. The van der Waals surface area contributed by atoms with Crippen LogP contribution < -0.4 is 0 Å². The van der Waals surface area contributed by atoms with Crippen molar-refractivity contribution in [1.29, 1.82) is 0 Å². The maximum atomic E-state index is 11.7. The molecule has 0 atom stereocenters. The number of aromatic hydroxyl groups is 1. The summed E-state index contributed by atoms with van der Waals surface area (Å²) >= 11 is 0. The fraction of sp³-hybridized carbons (Fsp3) is 0. The van der Waals surface area contributed by atoms with Gasteiger partial charge in [-0.2, -0.15) is 0 Å². The quantitative estimate of drug-likeness (QED) is 0.562. The Morgan fingerprint density at radius 1 is 0.864 bits per heavy atom. The number of benzene rings is 3. The van der Waals surface area contributed by atoms with E-state index in [0.29, 0.717) is 5.56 Å². The molecule has 0 unspecified atom stereocenters. The number of phenolic OH excluding ortho intramolecular Hbond substituents is 1. The lowest BCUT2D eigenvalue weighted by Crippen LogP contribution is -2.00. The van der Waals surface area contributed by atoms with Crippen LogP contribution in [0, 0.1) is 0 Å². The monoisotopic (exact) mass is 290 g/mol. The highest BCUT2D eigenvalue weighted by molar-refractivity contribution is 6.23. The highest BCUT2D eigenvalue weighted by Gasteiger charge is 2.13. The predicted octanol–water partition coefficient (Wildman–Crippen LogP) is 4.17. The van der Waals surface area contributed by atoms with Crippen LogP contribution in [-0.4, -0.2) is 16.2 Å². The molecule has 108 valence electrons. The van der Waals surface area contributed by atoms with Crippen LogP contribution >= 0.6 is 0 Å². The highest BCUT2D eigenvalue weighted by Crippen LogP contribution is 2.27. The van der Waals surface area contributed by atoms with E-state index in [0.717, 1.165) is 16.3 Å². The Morgan fingerprint density at radius 3 is 2.27 bits per heavy atom. The SMILES string of the molecule is O=C(O)/C(=C/c1ccc(O)cc1)c1cccc2ccccc12. The lowest BCUT2D eigenvalue weighted by molar-refractivity contribution is -0.130. The number of phenols is 1. The molecule has 0 aliphatic heterocycles. The summed E-state index contributed by atoms with van der Waals surface area (Å²) in [4.78, 5) is 11.7. The third-order valence-electron chi connectivity index (χ3n) is 3.51. The average Bonchev–Trinajstić information content (AvgIpc) is 2.54. The first kappa shape index (κ1) is 13.9. The van der Waals surface area contributed by atoms with Crippen LogP contribution in [0.1, 0.15) is 11.1 Å². The first-order valence-corrected chi connectivity index (χ1v) is 6.87. The van der Waals surface area contributed by atoms with Gasteiger partial charge in [0, 0.05) is 0 Å². The Morgan fingerprint density at radius 2 is 1.55 bits per heavy atom. The summed E-state index contributed by atoms with van der Waals surface area (Å²) < 4.78 is 0. The molecule has 0 aliphatic carbocycles. The molecular weight excluding hydrogens is 276 g/mol. The van der Waals surface area contributed by atoms with Crippen molar-refractivity contribution in [3.8, 4) is 5.75 Å². The predicted molar refractivity (Wildman–Crippen MR) is 87.6 cm³/mol. The summed E-state index contributed by atoms with van der Waals surface area (Å²) in [7, 11) is 0. The molecular formula is C19H14O3. The molecule has 2 N–H and O–H groups in total. The molecule has 3 aromatic carbocycles. The molecule has 0 bridgehead atoms. The van der Waals surface area contributed by atoms with E-state index in [1.165, 1.54) is 12.1 Å². The number of rotatable bonds is 3. The number of carbonyl (C=O) groups is 1. The third-order valence-corrected chi connectivity index (χ3v) is 3.51. The van der Waals surface area contributed by atoms with Crippen LogP contribution in [0.25, 0.3) is 22.4 Å². The fourth-order valence-corrected chi connectivity index (χ4v) is 2.45. The van der Waals surface area contributed by atoms with Gasteiger partial charge in [0.15, 0.2) is 0 Å². The van der Waals surface area contributed by atoms with Gasteiger partial charge >= 0.3 is 5.97 Å². The fourth-order valence-electron chi connectivity index (χ4n) is 2.45. The van der Waals surface area contributed by atoms with Crippen LogP contribution in [0.15, 0.2) is 66.7 Å². The van der Waals surface area contributed by atoms with E-state index in [2.05, 4.69) is 0 Å². The van der Waals surface area contributed by atoms with Gasteiger partial charge in [0.25, 0.3) is 0 Å². The van der Waals surface area contributed by atoms with Gasteiger partial charge in [-0.05, 0) is 40.1 Å². The minimum Gasteiger partial charge on any atom is -0.508 e. The average molecular weight is 290 g/mol. The van der Waals surface area contributed by atoms with Crippen molar-refractivity contribution in [2.75, 3.05) is 0 Å². The van der Waals surface area contributed by atoms with Crippen molar-refractivity contribution >= 4 is 28.4 Å². The molecule has 0 saturated carbocycles. The maximum absolute atomic E-state index is 11.7. The Balaban J connectivity index is 2.19. The van der Waals surface area contributed by atoms with Gasteiger partial charge < -0.3 is 10.2 Å². The number of fused-ring (bicyclic) bond motifs is 1. The molecule has 0 aliphatic rings. The zero-order valence-corrected chi connectivity index (χ0v) is 11.7. The summed E-state index contributed by atoms with van der Waals surface area (Å²) in [6, 6.07) is 19.8. The van der Waals surface area contributed by atoms with Gasteiger partial charge in [-0.25, -0.2) is 4.79 Å². The second kappa shape index (κ2) is 5.74. The van der Waals surface area contributed by atoms with E-state index in [1.54, 1.807) is 18.2 Å². The summed E-state index contributed by atoms with van der Waals surface area (Å²) in [5.74, 6) is -0.830. The number of carboxylic acids is 1. The van der Waals surface area contributed by atoms with Crippen LogP contribution in [0.4, 0.5) is 0 Å². The van der Waals surface area contributed by atoms with Crippen molar-refractivity contribution in [2.45, 2.75) is 0 Å². The number of carboxylic acid groups (broad SMARTS) is 1. The molecule has 3 heteroatoms. The van der Waals surface area contributed by atoms with E-state index in [-0.39, 0.29) is 11.3 Å². The van der Waals surface area contributed by atoms with E-state index in [1.807, 2.05) is 42.5 Å². The summed E-state index contributed by atoms with van der Waals surface area (Å²) in [6.45, 7) is 0. The lowest BCUT2D eigenvalue weighted by Gasteiger charge is -2.08. The Hall–Kier alpha value is -3.07. The minimum atomic E-state index is -0.982. The van der Waals surface area contributed by atoms with E-state index < -0.39 is 5.97 Å². The molecule has 22 heavy (non-hydrogen) atoms. The molecule has 0 spiro atoms. The topological polar surface area (TPSA) is 57.5 Å². The van der Waals surface area contributed by atoms with Crippen molar-refractivity contribution in [3.63, 3.8) is 0 Å². The molecule has 0 fully saturated rings. The van der Waals surface area contributed by atoms with Crippen molar-refractivity contribution in [2.24, 2.45) is 0 Å². The van der Waals surface area contributed by atoms with Crippen LogP contribution in [0.2, 0.25) is 0 Å². The number of aliphatic carboxylic acids is 1. The van der Waals surface area contributed by atoms with Crippen LogP contribution in [0.5, 0.6) is 5.75 Å². The summed E-state index contributed by atoms with van der Waals surface area (Å²) in [6.07, 6.45) is 1.61. The zero-order chi connectivity index (χ0) is 15.5. The summed E-state index contributed by atoms with van der Waals surface area (Å²) in [5.41, 5.74) is 1.63. The Bertz CT molecular complexity index is 856. The van der Waals surface area contributed by atoms with E-state index in [4.69, 9.17) is 0 Å². The smallest absolute Gasteiger partial charge is 0.336 e. The van der Waals surface area contributed by atoms with Gasteiger partial charge in [0.1, 0.15) is 5.75 Å². The van der Waals surface area contributed by atoms with Gasteiger partial charge in [-0.1, -0.05) is 54.6 Å². The molecule has 3 aromatic rings. The van der Waals surface area contributed by atoms with E-state index >= 15 is 0 Å². The molecule has 0 aromatic heterocycles. The minimum absolute atomic E-state index is 0.152. The van der Waals surface area contributed by atoms with Gasteiger partial charge in [-0.15, -0.1) is 0 Å². The van der Waals surface area contributed by atoms with Crippen LogP contribution in [-0.2, 0) is 4.79 Å². The molecule has 0 saturated heterocycles. The zero-order valence-electron chi connectivity index (χ0n) is 11.7. The molecule has 0 amide bonds. The molecule has 0 heterocycles. The lowest BCUT2D eigenvalue weighted by atomic mass is 9.96. The second-order valence-corrected chi connectivity index (χ2v) is 4.98. The molecule has 3 nitrogen and oxygen atoms in total. The maximum Gasteiger partial charge on any atom is 0.336 e. The Kier molecular flexibility index (Phi) is 3.62. The van der Waals surface area contributed by atoms with Crippen molar-refractivity contribution in [1.82, 2.24) is 0 Å². The van der Waals surface area contributed by atoms with E-state index in [9.17, 15) is 15.0 Å². The second-order valence-electron chi connectivity index (χ2n) is 4.98. The third kappa shape index (κ3) is 2.69. The standard InChI is InChI=1S/C19H14O3/c20-15-10-8-13(9-11-15)12-18(19(21)22)17-7-3-5-14-4-1-2-6-16(14)17/h1-12,20H,(H,21,22)/b18-12+. The molecule has 3 rings (SSSR count). The van der Waals surface area contributed by atoms with Gasteiger partial charge in [-0.3, -0.25) is 0 Å². The first-order valence-electron chi connectivity index (χ1n) is 6.87. The number of hydrogen-bond donors (Lipinski definition) is 2.